The van der Waals surface area contributed by atoms with Crippen molar-refractivity contribution in [2.24, 2.45) is 0 Å². The van der Waals surface area contributed by atoms with Crippen LogP contribution in [-0.4, -0.2) is 32.1 Å². The van der Waals surface area contributed by atoms with Crippen molar-refractivity contribution in [1.82, 2.24) is 10.9 Å². The van der Waals surface area contributed by atoms with Crippen LogP contribution in [0, 0.1) is 0 Å². The standard InChI is InChI=1S/C20H24N2O5/c1-13(2)27-17-9-8-16(11-18(17)26-4)20(24)22-21-19(23)15-7-5-6-14(10-15)12-25-3/h5-11,13H,12H2,1-4H3,(H,21,23)(H,22,24). The minimum Gasteiger partial charge on any atom is -0.493 e. The first-order valence-corrected chi connectivity index (χ1v) is 8.48. The molecule has 7 nitrogen and oxygen atoms in total. The van der Waals surface area contributed by atoms with E-state index in [1.165, 1.54) is 7.11 Å². The van der Waals surface area contributed by atoms with Gasteiger partial charge < -0.3 is 14.2 Å². The third-order valence-corrected chi connectivity index (χ3v) is 3.58. The summed E-state index contributed by atoms with van der Waals surface area (Å²) < 4.78 is 15.9. The van der Waals surface area contributed by atoms with Crippen molar-refractivity contribution in [2.45, 2.75) is 26.6 Å². The van der Waals surface area contributed by atoms with Gasteiger partial charge in [0.1, 0.15) is 0 Å². The van der Waals surface area contributed by atoms with Crippen LogP contribution in [0.25, 0.3) is 0 Å². The molecule has 2 N–H and O–H groups in total. The molecule has 0 atom stereocenters. The Morgan fingerprint density at radius 1 is 0.926 bits per heavy atom. The van der Waals surface area contributed by atoms with Gasteiger partial charge in [-0.2, -0.15) is 0 Å². The molecule has 7 heteroatoms. The number of benzene rings is 2. The summed E-state index contributed by atoms with van der Waals surface area (Å²) in [5.41, 5.74) is 6.41. The fraction of sp³-hybridized carbons (Fsp3) is 0.300. The van der Waals surface area contributed by atoms with E-state index in [4.69, 9.17) is 14.2 Å². The second kappa shape index (κ2) is 9.59. The summed E-state index contributed by atoms with van der Waals surface area (Å²) >= 11 is 0. The number of amides is 2. The minimum atomic E-state index is -0.467. The molecular formula is C20H24N2O5. The minimum absolute atomic E-state index is 0.0215. The largest absolute Gasteiger partial charge is 0.493 e. The Balaban J connectivity index is 2.02. The molecule has 2 rings (SSSR count). The van der Waals surface area contributed by atoms with Crippen molar-refractivity contribution < 1.29 is 23.8 Å². The first-order valence-electron chi connectivity index (χ1n) is 8.48. The Morgan fingerprint density at radius 2 is 1.59 bits per heavy atom. The molecule has 2 amide bonds. The van der Waals surface area contributed by atoms with Crippen molar-refractivity contribution in [3.63, 3.8) is 0 Å². The molecule has 0 aliphatic heterocycles. The van der Waals surface area contributed by atoms with Gasteiger partial charge in [-0.25, -0.2) is 0 Å². The molecule has 0 aromatic heterocycles. The van der Waals surface area contributed by atoms with Crippen LogP contribution in [-0.2, 0) is 11.3 Å². The Labute approximate surface area is 158 Å². The molecular weight excluding hydrogens is 348 g/mol. The molecule has 0 aliphatic carbocycles. The summed E-state index contributed by atoms with van der Waals surface area (Å²) in [6.45, 7) is 4.20. The van der Waals surface area contributed by atoms with E-state index in [-0.39, 0.29) is 6.10 Å². The third kappa shape index (κ3) is 5.72. The normalized spacial score (nSPS) is 10.4. The second-order valence-electron chi connectivity index (χ2n) is 6.07. The van der Waals surface area contributed by atoms with Crippen molar-refractivity contribution in [2.75, 3.05) is 14.2 Å². The maximum Gasteiger partial charge on any atom is 0.269 e. The van der Waals surface area contributed by atoms with E-state index in [9.17, 15) is 9.59 Å². The molecule has 2 aromatic rings. The van der Waals surface area contributed by atoms with Gasteiger partial charge in [0.2, 0.25) is 0 Å². The van der Waals surface area contributed by atoms with E-state index in [1.54, 1.807) is 43.5 Å². The van der Waals surface area contributed by atoms with Crippen LogP contribution in [0.1, 0.15) is 40.1 Å². The average molecular weight is 372 g/mol. The van der Waals surface area contributed by atoms with E-state index >= 15 is 0 Å². The zero-order valence-electron chi connectivity index (χ0n) is 15.9. The lowest BCUT2D eigenvalue weighted by Crippen LogP contribution is -2.41. The van der Waals surface area contributed by atoms with Crippen molar-refractivity contribution in [3.05, 3.63) is 59.2 Å². The molecule has 0 fully saturated rings. The monoisotopic (exact) mass is 372 g/mol. The summed E-state index contributed by atoms with van der Waals surface area (Å²) in [5, 5.41) is 0. The van der Waals surface area contributed by atoms with Crippen LogP contribution in [0.3, 0.4) is 0 Å². The summed E-state index contributed by atoms with van der Waals surface area (Å²) in [6.07, 6.45) is -0.0215. The van der Waals surface area contributed by atoms with Gasteiger partial charge in [0.05, 0.1) is 19.8 Å². The predicted octanol–water partition coefficient (Wildman–Crippen LogP) is 2.70. The highest BCUT2D eigenvalue weighted by molar-refractivity contribution is 5.99. The van der Waals surface area contributed by atoms with E-state index in [0.717, 1.165) is 5.56 Å². The number of hydrogen-bond acceptors (Lipinski definition) is 5. The maximum atomic E-state index is 12.3. The lowest BCUT2D eigenvalue weighted by molar-refractivity contribution is 0.0846. The van der Waals surface area contributed by atoms with Crippen molar-refractivity contribution >= 4 is 11.8 Å². The third-order valence-electron chi connectivity index (χ3n) is 3.58. The van der Waals surface area contributed by atoms with Gasteiger partial charge in [-0.15, -0.1) is 0 Å². The Hall–Kier alpha value is -3.06. The highest BCUT2D eigenvalue weighted by Crippen LogP contribution is 2.28. The first kappa shape index (κ1) is 20.3. The van der Waals surface area contributed by atoms with Crippen LogP contribution in [0.4, 0.5) is 0 Å². The predicted molar refractivity (Wildman–Crippen MR) is 101 cm³/mol. The summed E-state index contributed by atoms with van der Waals surface area (Å²) in [5.74, 6) is 0.0943. The molecule has 27 heavy (non-hydrogen) atoms. The Morgan fingerprint density at radius 3 is 2.19 bits per heavy atom. The zero-order chi connectivity index (χ0) is 19.8. The van der Waals surface area contributed by atoms with Crippen LogP contribution in [0.2, 0.25) is 0 Å². The SMILES string of the molecule is COCc1cccc(C(=O)NNC(=O)c2ccc(OC(C)C)c(OC)c2)c1. The van der Waals surface area contributed by atoms with E-state index < -0.39 is 11.8 Å². The molecule has 0 unspecified atom stereocenters. The fourth-order valence-electron chi connectivity index (χ4n) is 2.39. The van der Waals surface area contributed by atoms with E-state index in [1.807, 2.05) is 19.9 Å². The van der Waals surface area contributed by atoms with Gasteiger partial charge >= 0.3 is 0 Å². The van der Waals surface area contributed by atoms with Crippen molar-refractivity contribution in [1.29, 1.82) is 0 Å². The molecule has 0 bridgehead atoms. The number of nitrogens with one attached hydrogen (secondary N) is 2. The fourth-order valence-corrected chi connectivity index (χ4v) is 2.39. The summed E-state index contributed by atoms with van der Waals surface area (Å²) in [7, 11) is 3.08. The first-order chi connectivity index (χ1) is 12.9. The molecule has 0 heterocycles. The number of ether oxygens (including phenoxy) is 3. The van der Waals surface area contributed by atoms with Gasteiger partial charge in [-0.1, -0.05) is 12.1 Å². The van der Waals surface area contributed by atoms with Gasteiger partial charge in [0.25, 0.3) is 11.8 Å². The number of methoxy groups -OCH3 is 2. The lowest BCUT2D eigenvalue weighted by atomic mass is 10.1. The molecule has 0 aliphatic rings. The van der Waals surface area contributed by atoms with E-state index in [0.29, 0.717) is 29.2 Å². The second-order valence-corrected chi connectivity index (χ2v) is 6.07. The van der Waals surface area contributed by atoms with Gasteiger partial charge in [-0.3, -0.25) is 20.4 Å². The summed E-state index contributed by atoms with van der Waals surface area (Å²) in [6, 6.07) is 11.8. The average Bonchev–Trinajstić information content (AvgIpc) is 2.66. The number of carbonyl (C=O) groups is 2. The van der Waals surface area contributed by atoms with E-state index in [2.05, 4.69) is 10.9 Å². The van der Waals surface area contributed by atoms with Gasteiger partial charge in [-0.05, 0) is 49.7 Å². The molecule has 0 radical (unpaired) electrons. The van der Waals surface area contributed by atoms with Gasteiger partial charge in [0.15, 0.2) is 11.5 Å². The lowest BCUT2D eigenvalue weighted by Gasteiger charge is -2.14. The number of rotatable bonds is 7. The van der Waals surface area contributed by atoms with Crippen LogP contribution in [0.5, 0.6) is 11.5 Å². The summed E-state index contributed by atoms with van der Waals surface area (Å²) in [4.78, 5) is 24.5. The molecule has 144 valence electrons. The van der Waals surface area contributed by atoms with Crippen molar-refractivity contribution in [3.8, 4) is 11.5 Å². The van der Waals surface area contributed by atoms with Gasteiger partial charge in [0, 0.05) is 18.2 Å². The Kier molecular flexibility index (Phi) is 7.19. The highest BCUT2D eigenvalue weighted by Gasteiger charge is 2.13. The van der Waals surface area contributed by atoms with Crippen LogP contribution < -0.4 is 20.3 Å². The molecule has 0 saturated heterocycles. The number of carbonyl (C=O) groups excluding carboxylic acids is 2. The van der Waals surface area contributed by atoms with Crippen LogP contribution in [0.15, 0.2) is 42.5 Å². The topological polar surface area (TPSA) is 85.9 Å². The Bertz CT molecular complexity index is 805. The molecule has 2 aromatic carbocycles. The maximum absolute atomic E-state index is 12.3. The highest BCUT2D eigenvalue weighted by atomic mass is 16.5. The smallest absolute Gasteiger partial charge is 0.269 e. The molecule has 0 saturated carbocycles. The zero-order valence-corrected chi connectivity index (χ0v) is 15.9. The van der Waals surface area contributed by atoms with Crippen LogP contribution >= 0.6 is 0 Å². The quantitative estimate of drug-likeness (QED) is 0.730. The molecule has 0 spiro atoms. The number of hydrogen-bond donors (Lipinski definition) is 2. The number of hydrazine groups is 1.